The van der Waals surface area contributed by atoms with E-state index in [4.69, 9.17) is 4.74 Å². The van der Waals surface area contributed by atoms with Crippen LogP contribution in [0.25, 0.3) is 0 Å². The number of rotatable bonds is 6. The van der Waals surface area contributed by atoms with Gasteiger partial charge in [0.2, 0.25) is 11.0 Å². The van der Waals surface area contributed by atoms with Crippen molar-refractivity contribution in [3.63, 3.8) is 0 Å². The van der Waals surface area contributed by atoms with E-state index in [2.05, 4.69) is 36.8 Å². The largest absolute Gasteiger partial charge is 0.450 e. The van der Waals surface area contributed by atoms with Gasteiger partial charge in [0.15, 0.2) is 4.34 Å². The van der Waals surface area contributed by atoms with Gasteiger partial charge in [-0.1, -0.05) is 39.0 Å². The quantitative estimate of drug-likeness (QED) is 0.532. The molecule has 0 unspecified atom stereocenters. The summed E-state index contributed by atoms with van der Waals surface area (Å²) in [6.45, 7) is 3.95. The summed E-state index contributed by atoms with van der Waals surface area (Å²) in [6.07, 6.45) is -0.575. The highest BCUT2D eigenvalue weighted by Gasteiger charge is 2.11. The third-order valence-corrected chi connectivity index (χ3v) is 5.52. The molecule has 0 saturated heterocycles. The number of carbonyl (C=O) groups is 2. The van der Waals surface area contributed by atoms with Crippen LogP contribution in [-0.2, 0) is 9.53 Å². The number of aromatic nitrogens is 2. The second-order valence-electron chi connectivity index (χ2n) is 4.52. The Morgan fingerprint density at radius 3 is 2.83 bits per heavy atom. The average molecular weight is 431 g/mol. The number of anilines is 2. The molecule has 2 rings (SSSR count). The normalized spacial score (nSPS) is 10.3. The maximum absolute atomic E-state index is 12.0. The lowest BCUT2D eigenvalue weighted by atomic mass is 10.2. The molecule has 0 aliphatic rings. The topological polar surface area (TPSA) is 93.2 Å². The molecule has 7 nitrogen and oxygen atoms in total. The third kappa shape index (κ3) is 5.77. The van der Waals surface area contributed by atoms with Gasteiger partial charge in [-0.05, 0) is 37.6 Å². The molecule has 0 radical (unpaired) electrons. The van der Waals surface area contributed by atoms with E-state index in [0.29, 0.717) is 9.47 Å². The zero-order valence-corrected chi connectivity index (χ0v) is 16.2. The second kappa shape index (κ2) is 9.00. The van der Waals surface area contributed by atoms with Crippen LogP contribution in [0.4, 0.5) is 15.6 Å². The van der Waals surface area contributed by atoms with Gasteiger partial charge in [-0.25, -0.2) is 4.79 Å². The molecule has 0 fully saturated rings. The number of halogens is 1. The van der Waals surface area contributed by atoms with Gasteiger partial charge < -0.3 is 10.1 Å². The van der Waals surface area contributed by atoms with E-state index in [-0.39, 0.29) is 18.3 Å². The molecule has 0 spiro atoms. The van der Waals surface area contributed by atoms with Crippen molar-refractivity contribution in [1.29, 1.82) is 0 Å². The fraction of sp³-hybridized carbons (Fsp3) is 0.286. The number of benzene rings is 1. The van der Waals surface area contributed by atoms with Gasteiger partial charge in [-0.2, -0.15) is 0 Å². The second-order valence-corrected chi connectivity index (χ2v) is 7.57. The van der Waals surface area contributed by atoms with Crippen molar-refractivity contribution < 1.29 is 14.3 Å². The molecule has 0 atom stereocenters. The van der Waals surface area contributed by atoms with Gasteiger partial charge in [0.1, 0.15) is 0 Å². The molecule has 1 aromatic heterocycles. The summed E-state index contributed by atoms with van der Waals surface area (Å²) in [5, 5.41) is 13.4. The SMILES string of the molecule is CCOC(=O)Nc1nnc(SCC(=O)Nc2ccc(Br)c(C)c2)s1. The molecule has 0 aliphatic heterocycles. The molecule has 10 heteroatoms. The van der Waals surface area contributed by atoms with E-state index in [1.54, 1.807) is 6.92 Å². The highest BCUT2D eigenvalue weighted by molar-refractivity contribution is 9.10. The number of ether oxygens (including phenoxy) is 1. The van der Waals surface area contributed by atoms with Crippen LogP contribution in [-0.4, -0.2) is 34.6 Å². The van der Waals surface area contributed by atoms with Crippen LogP contribution in [0.1, 0.15) is 12.5 Å². The first-order valence-corrected chi connectivity index (χ1v) is 9.53. The van der Waals surface area contributed by atoms with Crippen LogP contribution in [0.3, 0.4) is 0 Å². The van der Waals surface area contributed by atoms with Crippen molar-refractivity contribution in [3.05, 3.63) is 28.2 Å². The maximum atomic E-state index is 12.0. The van der Waals surface area contributed by atoms with E-state index >= 15 is 0 Å². The van der Waals surface area contributed by atoms with Crippen LogP contribution in [0, 0.1) is 6.92 Å². The molecule has 1 aromatic carbocycles. The minimum absolute atomic E-state index is 0.142. The van der Waals surface area contributed by atoms with Crippen molar-refractivity contribution in [2.75, 3.05) is 23.0 Å². The smallest absolute Gasteiger partial charge is 0.413 e. The highest BCUT2D eigenvalue weighted by Crippen LogP contribution is 2.26. The Kier molecular flexibility index (Phi) is 7.00. The Morgan fingerprint density at radius 2 is 2.12 bits per heavy atom. The van der Waals surface area contributed by atoms with Crippen LogP contribution < -0.4 is 10.6 Å². The first-order chi connectivity index (χ1) is 11.5. The summed E-state index contributed by atoms with van der Waals surface area (Å²) in [5.74, 6) is 0.0557. The summed E-state index contributed by atoms with van der Waals surface area (Å²) in [7, 11) is 0. The number of carbonyl (C=O) groups excluding carboxylic acids is 2. The molecule has 128 valence electrons. The van der Waals surface area contributed by atoms with E-state index in [1.807, 2.05) is 25.1 Å². The predicted molar refractivity (Wildman–Crippen MR) is 98.8 cm³/mol. The lowest BCUT2D eigenvalue weighted by Gasteiger charge is -2.06. The molecule has 2 amide bonds. The van der Waals surface area contributed by atoms with E-state index in [9.17, 15) is 9.59 Å². The number of hydrogen-bond donors (Lipinski definition) is 2. The summed E-state index contributed by atoms with van der Waals surface area (Å²) in [6, 6.07) is 5.60. The molecule has 24 heavy (non-hydrogen) atoms. The molecule has 2 aromatic rings. The Labute approximate surface area is 155 Å². The number of hydrogen-bond acceptors (Lipinski definition) is 7. The average Bonchev–Trinajstić information content (AvgIpc) is 2.96. The summed E-state index contributed by atoms with van der Waals surface area (Å²) >= 11 is 5.85. The van der Waals surface area contributed by atoms with Crippen molar-refractivity contribution in [1.82, 2.24) is 10.2 Å². The Hall–Kier alpha value is -1.65. The van der Waals surface area contributed by atoms with Gasteiger partial charge in [-0.15, -0.1) is 10.2 Å². The summed E-state index contributed by atoms with van der Waals surface area (Å²) in [5.41, 5.74) is 1.78. The molecule has 2 N–H and O–H groups in total. The molecular formula is C14H15BrN4O3S2. The molecule has 0 aliphatic carbocycles. The third-order valence-electron chi connectivity index (χ3n) is 2.66. The summed E-state index contributed by atoms with van der Waals surface area (Å²) in [4.78, 5) is 23.2. The number of amides is 2. The van der Waals surface area contributed by atoms with Crippen LogP contribution in [0.2, 0.25) is 0 Å². The van der Waals surface area contributed by atoms with E-state index < -0.39 is 6.09 Å². The summed E-state index contributed by atoms with van der Waals surface area (Å²) < 4.78 is 6.33. The van der Waals surface area contributed by atoms with Gasteiger partial charge in [-0.3, -0.25) is 10.1 Å². The lowest BCUT2D eigenvalue weighted by Crippen LogP contribution is -2.14. The van der Waals surface area contributed by atoms with Gasteiger partial charge >= 0.3 is 6.09 Å². The fourth-order valence-corrected chi connectivity index (χ4v) is 3.40. The Morgan fingerprint density at radius 1 is 1.33 bits per heavy atom. The van der Waals surface area contributed by atoms with Crippen molar-refractivity contribution >= 4 is 61.8 Å². The van der Waals surface area contributed by atoms with Crippen molar-refractivity contribution in [3.8, 4) is 0 Å². The molecule has 0 bridgehead atoms. The number of thioether (sulfide) groups is 1. The zero-order valence-electron chi connectivity index (χ0n) is 13.0. The van der Waals surface area contributed by atoms with E-state index in [1.165, 1.54) is 23.1 Å². The first kappa shape index (κ1) is 18.7. The zero-order chi connectivity index (χ0) is 17.5. The van der Waals surface area contributed by atoms with Gasteiger partial charge in [0, 0.05) is 10.2 Å². The number of nitrogens with zero attached hydrogens (tertiary/aromatic N) is 2. The minimum atomic E-state index is -0.575. The Bertz CT molecular complexity index is 739. The standard InChI is InChI=1S/C14H15BrN4O3S2/c1-3-22-13(21)17-12-18-19-14(24-12)23-7-11(20)16-9-4-5-10(15)8(2)6-9/h4-6H,3,7H2,1-2H3,(H,16,20)(H,17,18,21). The number of nitrogens with one attached hydrogen (secondary N) is 2. The molecule has 1 heterocycles. The van der Waals surface area contributed by atoms with E-state index in [0.717, 1.165) is 15.7 Å². The predicted octanol–water partition coefficient (Wildman–Crippen LogP) is 3.91. The molecule has 0 saturated carbocycles. The minimum Gasteiger partial charge on any atom is -0.450 e. The maximum Gasteiger partial charge on any atom is 0.413 e. The van der Waals surface area contributed by atoms with Crippen LogP contribution in [0.5, 0.6) is 0 Å². The van der Waals surface area contributed by atoms with Crippen LogP contribution >= 0.6 is 39.0 Å². The lowest BCUT2D eigenvalue weighted by molar-refractivity contribution is -0.113. The van der Waals surface area contributed by atoms with Crippen molar-refractivity contribution in [2.45, 2.75) is 18.2 Å². The van der Waals surface area contributed by atoms with Gasteiger partial charge in [0.05, 0.1) is 12.4 Å². The fourth-order valence-electron chi connectivity index (χ4n) is 1.62. The first-order valence-electron chi connectivity index (χ1n) is 6.94. The molecular weight excluding hydrogens is 416 g/mol. The highest BCUT2D eigenvalue weighted by atomic mass is 79.9. The van der Waals surface area contributed by atoms with Crippen molar-refractivity contribution in [2.24, 2.45) is 0 Å². The number of aryl methyl sites for hydroxylation is 1. The van der Waals surface area contributed by atoms with Gasteiger partial charge in [0.25, 0.3) is 0 Å². The Balaban J connectivity index is 1.82. The monoisotopic (exact) mass is 430 g/mol. The van der Waals surface area contributed by atoms with Crippen LogP contribution in [0.15, 0.2) is 27.0 Å².